The maximum Gasteiger partial charge on any atom is 0.244 e. The van der Waals surface area contributed by atoms with Gasteiger partial charge in [0, 0.05) is 28.5 Å². The normalized spacial score (nSPS) is 12.2. The number of rotatable bonds is 4. The number of halogens is 1. The highest BCUT2D eigenvalue weighted by atomic mass is 79.9. The molecule has 1 amide bonds. The molecule has 0 aliphatic carbocycles. The Morgan fingerprint density at radius 1 is 1.40 bits per heavy atom. The van der Waals surface area contributed by atoms with Gasteiger partial charge in [-0.1, -0.05) is 12.1 Å². The number of hydrogen-bond acceptors (Lipinski definition) is 3. The smallest absolute Gasteiger partial charge is 0.244 e. The molecule has 3 N–H and O–H groups in total. The molecule has 0 fully saturated rings. The monoisotopic (exact) mass is 336 g/mol. The summed E-state index contributed by atoms with van der Waals surface area (Å²) in [5.74, 6) is -0.431. The zero-order valence-corrected chi connectivity index (χ0v) is 13.2. The lowest BCUT2D eigenvalue weighted by atomic mass is 10.0. The number of nitrogens with zero attached hydrogens (tertiary/aromatic N) is 2. The van der Waals surface area contributed by atoms with Crippen LogP contribution in [0.25, 0.3) is 0 Å². The number of anilines is 1. The first kappa shape index (κ1) is 14.6. The Morgan fingerprint density at radius 2 is 2.05 bits per heavy atom. The van der Waals surface area contributed by atoms with Crippen LogP contribution in [-0.4, -0.2) is 15.7 Å². The molecule has 0 spiro atoms. The standard InChI is InChI=1S/C14H17BrN4O/c1-8-12(9(2)19(3)18-8)13(14(16)20)17-11-7-5-4-6-10(11)15/h4-7,13,17H,1-3H3,(H2,16,20). The van der Waals surface area contributed by atoms with E-state index in [-0.39, 0.29) is 0 Å². The van der Waals surface area contributed by atoms with Gasteiger partial charge in [0.05, 0.1) is 5.69 Å². The predicted octanol–water partition coefficient (Wildman–Crippen LogP) is 2.44. The van der Waals surface area contributed by atoms with Gasteiger partial charge in [0.1, 0.15) is 6.04 Å². The molecular formula is C14H17BrN4O. The molecule has 0 radical (unpaired) electrons. The van der Waals surface area contributed by atoms with Gasteiger partial charge in [-0.15, -0.1) is 0 Å². The van der Waals surface area contributed by atoms with E-state index in [9.17, 15) is 4.79 Å². The molecule has 106 valence electrons. The van der Waals surface area contributed by atoms with Crippen molar-refractivity contribution in [2.45, 2.75) is 19.9 Å². The first-order valence-corrected chi connectivity index (χ1v) is 7.01. The van der Waals surface area contributed by atoms with Crippen LogP contribution < -0.4 is 11.1 Å². The number of para-hydroxylation sites is 1. The fraction of sp³-hybridized carbons (Fsp3) is 0.286. The van der Waals surface area contributed by atoms with Crippen LogP contribution in [0.1, 0.15) is 23.0 Å². The van der Waals surface area contributed by atoms with E-state index in [4.69, 9.17) is 5.73 Å². The van der Waals surface area contributed by atoms with Gasteiger partial charge >= 0.3 is 0 Å². The molecule has 5 nitrogen and oxygen atoms in total. The topological polar surface area (TPSA) is 72.9 Å². The highest BCUT2D eigenvalue weighted by Gasteiger charge is 2.25. The Balaban J connectivity index is 2.43. The quantitative estimate of drug-likeness (QED) is 0.900. The van der Waals surface area contributed by atoms with Crippen LogP contribution in [0.2, 0.25) is 0 Å². The summed E-state index contributed by atoms with van der Waals surface area (Å²) in [6.07, 6.45) is 0. The number of amides is 1. The van der Waals surface area contributed by atoms with Crippen molar-refractivity contribution in [1.29, 1.82) is 0 Å². The second-order valence-electron chi connectivity index (χ2n) is 4.67. The lowest BCUT2D eigenvalue weighted by molar-refractivity contribution is -0.118. The Kier molecular flexibility index (Phi) is 4.13. The lowest BCUT2D eigenvalue weighted by Gasteiger charge is -2.18. The van der Waals surface area contributed by atoms with Crippen molar-refractivity contribution >= 4 is 27.5 Å². The zero-order valence-electron chi connectivity index (χ0n) is 11.6. The van der Waals surface area contributed by atoms with Gasteiger partial charge in [-0.2, -0.15) is 5.10 Å². The molecule has 6 heteroatoms. The minimum Gasteiger partial charge on any atom is -0.369 e. The number of nitrogens with two attached hydrogens (primary N) is 1. The van der Waals surface area contributed by atoms with E-state index in [2.05, 4.69) is 26.3 Å². The zero-order chi connectivity index (χ0) is 14.9. The van der Waals surface area contributed by atoms with Crippen molar-refractivity contribution in [3.63, 3.8) is 0 Å². The summed E-state index contributed by atoms with van der Waals surface area (Å²) in [6, 6.07) is 7.00. The van der Waals surface area contributed by atoms with Crippen molar-refractivity contribution in [2.75, 3.05) is 5.32 Å². The second kappa shape index (κ2) is 5.66. The summed E-state index contributed by atoms with van der Waals surface area (Å²) < 4.78 is 2.63. The number of nitrogens with one attached hydrogen (secondary N) is 1. The largest absolute Gasteiger partial charge is 0.369 e. The van der Waals surface area contributed by atoms with Gasteiger partial charge in [-0.05, 0) is 41.9 Å². The number of aryl methyl sites for hydroxylation is 2. The van der Waals surface area contributed by atoms with E-state index in [0.29, 0.717) is 0 Å². The molecule has 0 aliphatic rings. The first-order valence-electron chi connectivity index (χ1n) is 6.22. The fourth-order valence-electron chi connectivity index (χ4n) is 2.23. The Bertz CT molecular complexity index is 651. The van der Waals surface area contributed by atoms with Crippen LogP contribution in [0.4, 0.5) is 5.69 Å². The van der Waals surface area contributed by atoms with Gasteiger partial charge in [-0.25, -0.2) is 0 Å². The van der Waals surface area contributed by atoms with Crippen LogP contribution in [0.3, 0.4) is 0 Å². The molecule has 1 aromatic heterocycles. The Hall–Kier alpha value is -1.82. The molecular weight excluding hydrogens is 320 g/mol. The van der Waals surface area contributed by atoms with Gasteiger partial charge in [0.25, 0.3) is 0 Å². The molecule has 0 bridgehead atoms. The van der Waals surface area contributed by atoms with Crippen LogP contribution in [0.15, 0.2) is 28.7 Å². The molecule has 1 aromatic carbocycles. The average molecular weight is 337 g/mol. The molecule has 1 heterocycles. The van der Waals surface area contributed by atoms with Crippen molar-refractivity contribution in [2.24, 2.45) is 12.8 Å². The van der Waals surface area contributed by atoms with Gasteiger partial charge in [0.2, 0.25) is 5.91 Å². The van der Waals surface area contributed by atoms with E-state index in [0.717, 1.165) is 27.1 Å². The number of carbonyl (C=O) groups is 1. The minimum absolute atomic E-state index is 0.431. The van der Waals surface area contributed by atoms with Crippen molar-refractivity contribution in [1.82, 2.24) is 9.78 Å². The molecule has 0 saturated carbocycles. The summed E-state index contributed by atoms with van der Waals surface area (Å²) in [5.41, 5.74) is 8.93. The lowest BCUT2D eigenvalue weighted by Crippen LogP contribution is -2.28. The van der Waals surface area contributed by atoms with Crippen LogP contribution >= 0.6 is 15.9 Å². The number of carbonyl (C=O) groups excluding carboxylic acids is 1. The van der Waals surface area contributed by atoms with E-state index in [1.54, 1.807) is 4.68 Å². The third-order valence-electron chi connectivity index (χ3n) is 3.31. The Morgan fingerprint density at radius 3 is 2.55 bits per heavy atom. The van der Waals surface area contributed by atoms with Crippen LogP contribution in [-0.2, 0) is 11.8 Å². The molecule has 2 aromatic rings. The highest BCUT2D eigenvalue weighted by molar-refractivity contribution is 9.10. The van der Waals surface area contributed by atoms with Crippen molar-refractivity contribution < 1.29 is 4.79 Å². The fourth-order valence-corrected chi connectivity index (χ4v) is 2.63. The summed E-state index contributed by atoms with van der Waals surface area (Å²) in [7, 11) is 1.85. The Labute approximate surface area is 126 Å². The van der Waals surface area contributed by atoms with E-state index in [1.165, 1.54) is 0 Å². The molecule has 20 heavy (non-hydrogen) atoms. The van der Waals surface area contributed by atoms with Crippen molar-refractivity contribution in [3.05, 3.63) is 45.7 Å². The second-order valence-corrected chi connectivity index (χ2v) is 5.52. The number of primary amides is 1. The number of benzene rings is 1. The highest BCUT2D eigenvalue weighted by Crippen LogP contribution is 2.29. The number of aromatic nitrogens is 2. The third-order valence-corrected chi connectivity index (χ3v) is 4.00. The van der Waals surface area contributed by atoms with Gasteiger partial charge < -0.3 is 11.1 Å². The van der Waals surface area contributed by atoms with E-state index < -0.39 is 11.9 Å². The third kappa shape index (κ3) is 2.70. The molecule has 0 saturated heterocycles. The van der Waals surface area contributed by atoms with Crippen molar-refractivity contribution in [3.8, 4) is 0 Å². The molecule has 0 aliphatic heterocycles. The van der Waals surface area contributed by atoms with E-state index >= 15 is 0 Å². The van der Waals surface area contributed by atoms with Crippen LogP contribution in [0.5, 0.6) is 0 Å². The summed E-state index contributed by atoms with van der Waals surface area (Å²) in [4.78, 5) is 11.8. The van der Waals surface area contributed by atoms with E-state index in [1.807, 2.05) is 45.2 Å². The molecule has 2 rings (SSSR count). The summed E-state index contributed by atoms with van der Waals surface area (Å²) in [6.45, 7) is 3.80. The SMILES string of the molecule is Cc1nn(C)c(C)c1C(Nc1ccccc1Br)C(N)=O. The molecule has 1 unspecified atom stereocenters. The van der Waals surface area contributed by atoms with Crippen LogP contribution in [0, 0.1) is 13.8 Å². The van der Waals surface area contributed by atoms with Gasteiger partial charge in [-0.3, -0.25) is 9.48 Å². The maximum absolute atomic E-state index is 11.8. The predicted molar refractivity (Wildman–Crippen MR) is 82.4 cm³/mol. The maximum atomic E-state index is 11.8. The first-order chi connectivity index (χ1) is 9.41. The summed E-state index contributed by atoms with van der Waals surface area (Å²) >= 11 is 3.45. The average Bonchev–Trinajstić information content (AvgIpc) is 2.63. The molecule has 1 atom stereocenters. The minimum atomic E-state index is -0.609. The summed E-state index contributed by atoms with van der Waals surface area (Å²) in [5, 5.41) is 7.52. The number of hydrogen-bond donors (Lipinski definition) is 2. The van der Waals surface area contributed by atoms with Gasteiger partial charge in [0.15, 0.2) is 0 Å².